The summed E-state index contributed by atoms with van der Waals surface area (Å²) in [5.41, 5.74) is 14.8. The number of hydrogen-bond donors (Lipinski definition) is 5. The average molecular weight is 287 g/mol. The monoisotopic (exact) mass is 287 g/mol. The first-order valence-electron chi connectivity index (χ1n) is 5.56. The zero-order valence-electron chi connectivity index (χ0n) is 10.8. The summed E-state index contributed by atoms with van der Waals surface area (Å²) in [6, 6.07) is -2.59. The fourth-order valence-corrected chi connectivity index (χ4v) is 1.35. The molecule has 0 fully saturated rings. The van der Waals surface area contributed by atoms with Crippen LogP contribution < -0.4 is 27.8 Å². The third kappa shape index (κ3) is 6.93. The van der Waals surface area contributed by atoms with Crippen LogP contribution in [0.15, 0.2) is 0 Å². The number of primary amides is 3. The van der Waals surface area contributed by atoms with E-state index in [-0.39, 0.29) is 0 Å². The topological polar surface area (TPSA) is 187 Å². The van der Waals surface area contributed by atoms with Crippen LogP contribution in [0.2, 0.25) is 0 Å². The van der Waals surface area contributed by atoms with Gasteiger partial charge in [-0.2, -0.15) is 0 Å². The van der Waals surface area contributed by atoms with Crippen molar-refractivity contribution in [2.45, 2.75) is 31.8 Å². The highest BCUT2D eigenvalue weighted by molar-refractivity contribution is 5.95. The third-order valence-corrected chi connectivity index (χ3v) is 2.16. The molecule has 0 radical (unpaired) electrons. The van der Waals surface area contributed by atoms with Gasteiger partial charge in [-0.3, -0.25) is 24.0 Å². The van der Waals surface area contributed by atoms with E-state index in [9.17, 15) is 24.0 Å². The van der Waals surface area contributed by atoms with E-state index in [4.69, 9.17) is 17.2 Å². The Bertz CT molecular complexity index is 420. The van der Waals surface area contributed by atoms with Gasteiger partial charge in [0.1, 0.15) is 12.1 Å². The highest BCUT2D eigenvalue weighted by Crippen LogP contribution is 1.96. The van der Waals surface area contributed by atoms with Crippen LogP contribution in [-0.2, 0) is 24.0 Å². The lowest BCUT2D eigenvalue weighted by Gasteiger charge is -2.19. The normalized spacial score (nSPS) is 12.8. The van der Waals surface area contributed by atoms with Crippen molar-refractivity contribution in [2.24, 2.45) is 17.2 Å². The first-order valence-corrected chi connectivity index (χ1v) is 5.56. The van der Waals surface area contributed by atoms with E-state index in [0.29, 0.717) is 0 Å². The standard InChI is InChI=1S/C10H17N5O5/c1-4(16)14-6(3-8(12)18)10(20)15-5(9(13)19)2-7(11)17/h5-6H,2-3H2,1H3,(H2,11,17)(H2,12,18)(H2,13,19)(H,14,16)(H,15,20). The molecule has 2 unspecified atom stereocenters. The summed E-state index contributed by atoms with van der Waals surface area (Å²) in [5.74, 6) is -4.09. The molecule has 5 amide bonds. The number of nitrogens with one attached hydrogen (secondary N) is 2. The van der Waals surface area contributed by atoms with Crippen molar-refractivity contribution in [1.29, 1.82) is 0 Å². The molecule has 0 saturated carbocycles. The molecule has 0 rings (SSSR count). The van der Waals surface area contributed by atoms with Crippen molar-refractivity contribution >= 4 is 29.5 Å². The molecule has 0 aliphatic heterocycles. The van der Waals surface area contributed by atoms with Crippen molar-refractivity contribution in [3.05, 3.63) is 0 Å². The van der Waals surface area contributed by atoms with Crippen LogP contribution in [0.5, 0.6) is 0 Å². The molecule has 2 atom stereocenters. The number of hydrogen-bond acceptors (Lipinski definition) is 5. The number of nitrogens with two attached hydrogens (primary N) is 3. The van der Waals surface area contributed by atoms with Crippen molar-refractivity contribution in [1.82, 2.24) is 10.6 Å². The minimum Gasteiger partial charge on any atom is -0.370 e. The molecule has 0 saturated heterocycles. The lowest BCUT2D eigenvalue weighted by Crippen LogP contribution is -2.54. The zero-order valence-corrected chi connectivity index (χ0v) is 10.8. The van der Waals surface area contributed by atoms with Crippen molar-refractivity contribution < 1.29 is 24.0 Å². The van der Waals surface area contributed by atoms with E-state index in [1.54, 1.807) is 0 Å². The molecule has 0 aliphatic carbocycles. The highest BCUT2D eigenvalue weighted by Gasteiger charge is 2.27. The SMILES string of the molecule is CC(=O)NC(CC(N)=O)C(=O)NC(CC(N)=O)C(N)=O. The van der Waals surface area contributed by atoms with Crippen LogP contribution in [0, 0.1) is 0 Å². The van der Waals surface area contributed by atoms with Gasteiger partial charge in [-0.15, -0.1) is 0 Å². The second kappa shape index (κ2) is 7.71. The Hall–Kier alpha value is -2.65. The van der Waals surface area contributed by atoms with Crippen LogP contribution in [-0.4, -0.2) is 41.6 Å². The molecule has 20 heavy (non-hydrogen) atoms. The minimum atomic E-state index is -1.33. The summed E-state index contributed by atoms with van der Waals surface area (Å²) in [6.45, 7) is 1.14. The summed E-state index contributed by atoms with van der Waals surface area (Å²) >= 11 is 0. The maximum atomic E-state index is 11.8. The molecule has 0 aromatic carbocycles. The number of amides is 5. The number of rotatable bonds is 8. The summed E-state index contributed by atoms with van der Waals surface area (Å²) < 4.78 is 0. The largest absolute Gasteiger partial charge is 0.370 e. The zero-order chi connectivity index (χ0) is 15.9. The Balaban J connectivity index is 4.85. The summed E-state index contributed by atoms with van der Waals surface area (Å²) in [5, 5.41) is 4.31. The quantitative estimate of drug-likeness (QED) is 0.305. The summed E-state index contributed by atoms with van der Waals surface area (Å²) in [4.78, 5) is 55.4. The molecule has 0 aromatic heterocycles. The Labute approximate surface area is 114 Å². The van der Waals surface area contributed by atoms with Gasteiger partial charge in [-0.05, 0) is 0 Å². The molecule has 112 valence electrons. The van der Waals surface area contributed by atoms with Gasteiger partial charge in [0.2, 0.25) is 29.5 Å². The lowest BCUT2D eigenvalue weighted by molar-refractivity contribution is -0.133. The average Bonchev–Trinajstić information content (AvgIpc) is 2.24. The fraction of sp³-hybridized carbons (Fsp3) is 0.500. The van der Waals surface area contributed by atoms with Gasteiger partial charge in [0.15, 0.2) is 0 Å². The Morgan fingerprint density at radius 2 is 1.30 bits per heavy atom. The Kier molecular flexibility index (Phi) is 6.69. The second-order valence-electron chi connectivity index (χ2n) is 4.06. The van der Waals surface area contributed by atoms with Gasteiger partial charge in [0.05, 0.1) is 12.8 Å². The predicted molar refractivity (Wildman–Crippen MR) is 66.4 cm³/mol. The molecule has 10 heteroatoms. The highest BCUT2D eigenvalue weighted by atomic mass is 16.2. The fourth-order valence-electron chi connectivity index (χ4n) is 1.35. The first-order chi connectivity index (χ1) is 9.13. The Morgan fingerprint density at radius 3 is 1.65 bits per heavy atom. The molecular weight excluding hydrogens is 270 g/mol. The maximum Gasteiger partial charge on any atom is 0.243 e. The van der Waals surface area contributed by atoms with Crippen LogP contribution in [0.1, 0.15) is 19.8 Å². The van der Waals surface area contributed by atoms with Crippen LogP contribution in [0.4, 0.5) is 0 Å². The van der Waals surface area contributed by atoms with E-state index >= 15 is 0 Å². The van der Waals surface area contributed by atoms with Crippen LogP contribution in [0.25, 0.3) is 0 Å². The molecule has 0 aromatic rings. The minimum absolute atomic E-state index is 0.465. The van der Waals surface area contributed by atoms with Gasteiger partial charge < -0.3 is 27.8 Å². The Morgan fingerprint density at radius 1 is 0.850 bits per heavy atom. The molecule has 0 spiro atoms. The third-order valence-electron chi connectivity index (χ3n) is 2.16. The van der Waals surface area contributed by atoms with E-state index in [2.05, 4.69) is 10.6 Å². The molecule has 8 N–H and O–H groups in total. The second-order valence-corrected chi connectivity index (χ2v) is 4.06. The molecule has 10 nitrogen and oxygen atoms in total. The van der Waals surface area contributed by atoms with E-state index < -0.39 is 54.5 Å². The van der Waals surface area contributed by atoms with Crippen molar-refractivity contribution in [3.63, 3.8) is 0 Å². The molecule has 0 heterocycles. The van der Waals surface area contributed by atoms with Gasteiger partial charge in [0, 0.05) is 6.92 Å². The van der Waals surface area contributed by atoms with Gasteiger partial charge >= 0.3 is 0 Å². The van der Waals surface area contributed by atoms with Crippen molar-refractivity contribution in [2.75, 3.05) is 0 Å². The molecule has 0 aliphatic rings. The van der Waals surface area contributed by atoms with Gasteiger partial charge in [-0.25, -0.2) is 0 Å². The molecular formula is C10H17N5O5. The van der Waals surface area contributed by atoms with Crippen LogP contribution in [0.3, 0.4) is 0 Å². The summed E-state index contributed by atoms with van der Waals surface area (Å²) in [7, 11) is 0. The maximum absolute atomic E-state index is 11.8. The van der Waals surface area contributed by atoms with E-state index in [0.717, 1.165) is 6.92 Å². The van der Waals surface area contributed by atoms with Gasteiger partial charge in [0.25, 0.3) is 0 Å². The van der Waals surface area contributed by atoms with Crippen LogP contribution >= 0.6 is 0 Å². The molecule has 0 bridgehead atoms. The summed E-state index contributed by atoms with van der Waals surface area (Å²) in [6.07, 6.45) is -0.960. The van der Waals surface area contributed by atoms with Crippen molar-refractivity contribution in [3.8, 4) is 0 Å². The van der Waals surface area contributed by atoms with Gasteiger partial charge in [-0.1, -0.05) is 0 Å². The number of carbonyl (C=O) groups is 5. The lowest BCUT2D eigenvalue weighted by atomic mass is 10.1. The van der Waals surface area contributed by atoms with E-state index in [1.807, 2.05) is 0 Å². The first kappa shape index (κ1) is 17.4. The predicted octanol–water partition coefficient (Wildman–Crippen LogP) is -3.79. The smallest absolute Gasteiger partial charge is 0.243 e. The number of carbonyl (C=O) groups excluding carboxylic acids is 5. The van der Waals surface area contributed by atoms with E-state index in [1.165, 1.54) is 0 Å².